The van der Waals surface area contributed by atoms with E-state index < -0.39 is 0 Å². The number of rotatable bonds is 3. The minimum Gasteiger partial charge on any atom is -0.444 e. The van der Waals surface area contributed by atoms with Gasteiger partial charge in [0.1, 0.15) is 6.33 Å². The standard InChI is InChI=1S/C13H10BrN5O2/c1-8-2-3-9(19-7-15-17-18-19)6-10(8)16-13(20)11-4-5-12(14)21-11/h2-7H,1H3,(H,16,20). The highest BCUT2D eigenvalue weighted by molar-refractivity contribution is 9.10. The summed E-state index contributed by atoms with van der Waals surface area (Å²) < 4.78 is 7.25. The Labute approximate surface area is 128 Å². The molecule has 0 aliphatic heterocycles. The van der Waals surface area contributed by atoms with Crippen molar-refractivity contribution in [1.29, 1.82) is 0 Å². The third-order valence-electron chi connectivity index (χ3n) is 2.88. The van der Waals surface area contributed by atoms with Crippen molar-refractivity contribution in [1.82, 2.24) is 20.2 Å². The van der Waals surface area contributed by atoms with E-state index in [1.54, 1.807) is 18.2 Å². The highest BCUT2D eigenvalue weighted by Gasteiger charge is 2.12. The molecule has 7 nitrogen and oxygen atoms in total. The van der Waals surface area contributed by atoms with Crippen LogP contribution in [0.25, 0.3) is 5.69 Å². The largest absolute Gasteiger partial charge is 0.444 e. The highest BCUT2D eigenvalue weighted by Crippen LogP contribution is 2.21. The minimum atomic E-state index is -0.322. The number of furan rings is 1. The molecular formula is C13H10BrN5O2. The van der Waals surface area contributed by atoms with Crippen LogP contribution in [0.15, 0.2) is 45.7 Å². The molecule has 1 N–H and O–H groups in total. The summed E-state index contributed by atoms with van der Waals surface area (Å²) in [4.78, 5) is 12.1. The van der Waals surface area contributed by atoms with Gasteiger partial charge < -0.3 is 9.73 Å². The number of aryl methyl sites for hydroxylation is 1. The predicted molar refractivity (Wildman–Crippen MR) is 78.3 cm³/mol. The maximum Gasteiger partial charge on any atom is 0.291 e. The average molecular weight is 348 g/mol. The van der Waals surface area contributed by atoms with Gasteiger partial charge in [-0.25, -0.2) is 4.68 Å². The molecule has 106 valence electrons. The van der Waals surface area contributed by atoms with Crippen LogP contribution in [0, 0.1) is 6.92 Å². The number of amides is 1. The smallest absolute Gasteiger partial charge is 0.291 e. The zero-order chi connectivity index (χ0) is 14.8. The van der Waals surface area contributed by atoms with Gasteiger partial charge in [-0.15, -0.1) is 5.10 Å². The van der Waals surface area contributed by atoms with Crippen molar-refractivity contribution in [3.8, 4) is 5.69 Å². The number of halogens is 1. The van der Waals surface area contributed by atoms with E-state index in [4.69, 9.17) is 4.42 Å². The van der Waals surface area contributed by atoms with Gasteiger partial charge in [-0.05, 0) is 63.1 Å². The van der Waals surface area contributed by atoms with Crippen molar-refractivity contribution in [2.24, 2.45) is 0 Å². The molecule has 21 heavy (non-hydrogen) atoms. The van der Waals surface area contributed by atoms with Crippen molar-refractivity contribution in [2.45, 2.75) is 6.92 Å². The molecule has 0 fully saturated rings. The second-order valence-corrected chi connectivity index (χ2v) is 5.09. The molecule has 0 atom stereocenters. The van der Waals surface area contributed by atoms with E-state index in [0.717, 1.165) is 11.3 Å². The van der Waals surface area contributed by atoms with Gasteiger partial charge in [-0.3, -0.25) is 4.79 Å². The van der Waals surface area contributed by atoms with Gasteiger partial charge in [0.2, 0.25) is 0 Å². The monoisotopic (exact) mass is 347 g/mol. The summed E-state index contributed by atoms with van der Waals surface area (Å²) in [6, 6.07) is 8.80. The SMILES string of the molecule is Cc1ccc(-n2cnnn2)cc1NC(=O)c1ccc(Br)o1. The Kier molecular flexibility index (Phi) is 3.53. The number of carbonyl (C=O) groups is 1. The van der Waals surface area contributed by atoms with E-state index in [2.05, 4.69) is 36.8 Å². The quantitative estimate of drug-likeness (QED) is 0.786. The summed E-state index contributed by atoms with van der Waals surface area (Å²) in [6.07, 6.45) is 1.49. The second-order valence-electron chi connectivity index (χ2n) is 4.31. The first-order chi connectivity index (χ1) is 10.1. The van der Waals surface area contributed by atoms with Crippen LogP contribution in [0.5, 0.6) is 0 Å². The molecule has 0 aliphatic rings. The van der Waals surface area contributed by atoms with Crippen molar-refractivity contribution in [3.63, 3.8) is 0 Å². The van der Waals surface area contributed by atoms with Crippen LogP contribution in [0.1, 0.15) is 16.1 Å². The molecule has 0 bridgehead atoms. The Morgan fingerprint density at radius 1 is 1.33 bits per heavy atom. The summed E-state index contributed by atoms with van der Waals surface area (Å²) in [5, 5.41) is 13.8. The molecule has 0 aliphatic carbocycles. The van der Waals surface area contributed by atoms with Gasteiger partial charge in [0.25, 0.3) is 5.91 Å². The molecule has 0 spiro atoms. The number of hydrogen-bond donors (Lipinski definition) is 1. The van der Waals surface area contributed by atoms with Crippen LogP contribution >= 0.6 is 15.9 Å². The van der Waals surface area contributed by atoms with Crippen molar-refractivity contribution < 1.29 is 9.21 Å². The highest BCUT2D eigenvalue weighted by atomic mass is 79.9. The third-order valence-corrected chi connectivity index (χ3v) is 3.31. The van der Waals surface area contributed by atoms with E-state index >= 15 is 0 Å². The van der Waals surface area contributed by atoms with E-state index in [9.17, 15) is 4.79 Å². The van der Waals surface area contributed by atoms with Crippen molar-refractivity contribution in [2.75, 3.05) is 5.32 Å². The summed E-state index contributed by atoms with van der Waals surface area (Å²) in [7, 11) is 0. The number of tetrazole rings is 1. The lowest BCUT2D eigenvalue weighted by atomic mass is 10.1. The lowest BCUT2D eigenvalue weighted by Gasteiger charge is -2.09. The van der Waals surface area contributed by atoms with Gasteiger partial charge in [0.15, 0.2) is 10.4 Å². The van der Waals surface area contributed by atoms with Crippen LogP contribution < -0.4 is 5.32 Å². The van der Waals surface area contributed by atoms with Gasteiger partial charge >= 0.3 is 0 Å². The minimum absolute atomic E-state index is 0.231. The van der Waals surface area contributed by atoms with Gasteiger partial charge in [-0.2, -0.15) is 0 Å². The molecule has 3 rings (SSSR count). The van der Waals surface area contributed by atoms with Crippen LogP contribution in [-0.2, 0) is 0 Å². The number of benzene rings is 1. The average Bonchev–Trinajstić information content (AvgIpc) is 3.12. The molecule has 0 saturated heterocycles. The first-order valence-corrected chi connectivity index (χ1v) is 6.83. The number of nitrogens with zero attached hydrogens (tertiary/aromatic N) is 4. The van der Waals surface area contributed by atoms with Crippen molar-refractivity contribution in [3.05, 3.63) is 52.7 Å². The Hall–Kier alpha value is -2.48. The summed E-state index contributed by atoms with van der Waals surface area (Å²) >= 11 is 3.17. The van der Waals surface area contributed by atoms with Crippen LogP contribution in [-0.4, -0.2) is 26.1 Å². The van der Waals surface area contributed by atoms with E-state index in [0.29, 0.717) is 10.4 Å². The Bertz CT molecular complexity index is 782. The summed E-state index contributed by atoms with van der Waals surface area (Å²) in [5.74, 6) is -0.0910. The Balaban J connectivity index is 1.88. The maximum atomic E-state index is 12.1. The molecule has 0 saturated carbocycles. The Morgan fingerprint density at radius 3 is 2.86 bits per heavy atom. The summed E-state index contributed by atoms with van der Waals surface area (Å²) in [5.41, 5.74) is 2.34. The van der Waals surface area contributed by atoms with Crippen LogP contribution in [0.4, 0.5) is 5.69 Å². The Morgan fingerprint density at radius 2 is 2.19 bits per heavy atom. The number of nitrogens with one attached hydrogen (secondary N) is 1. The second kappa shape index (κ2) is 5.49. The number of hydrogen-bond acceptors (Lipinski definition) is 5. The maximum absolute atomic E-state index is 12.1. The number of carbonyl (C=O) groups excluding carboxylic acids is 1. The first-order valence-electron chi connectivity index (χ1n) is 6.04. The lowest BCUT2D eigenvalue weighted by Crippen LogP contribution is -2.12. The van der Waals surface area contributed by atoms with Gasteiger partial charge in [0.05, 0.1) is 5.69 Å². The zero-order valence-electron chi connectivity index (χ0n) is 10.9. The molecule has 1 aromatic carbocycles. The summed E-state index contributed by atoms with van der Waals surface area (Å²) in [6.45, 7) is 1.90. The molecule has 8 heteroatoms. The van der Waals surface area contributed by atoms with Gasteiger partial charge in [-0.1, -0.05) is 6.07 Å². The van der Waals surface area contributed by atoms with Crippen LogP contribution in [0.3, 0.4) is 0 Å². The normalized spacial score (nSPS) is 10.6. The fraction of sp³-hybridized carbons (Fsp3) is 0.0769. The molecule has 1 amide bonds. The molecule has 0 unspecified atom stereocenters. The topological polar surface area (TPSA) is 85.8 Å². The molecular weight excluding hydrogens is 338 g/mol. The molecule has 2 aromatic heterocycles. The van der Waals surface area contributed by atoms with E-state index in [-0.39, 0.29) is 11.7 Å². The number of aromatic nitrogens is 4. The lowest BCUT2D eigenvalue weighted by molar-refractivity contribution is 0.0995. The van der Waals surface area contributed by atoms with Crippen LogP contribution in [0.2, 0.25) is 0 Å². The fourth-order valence-corrected chi connectivity index (χ4v) is 2.09. The molecule has 0 radical (unpaired) electrons. The predicted octanol–water partition coefficient (Wildman–Crippen LogP) is 2.58. The fourth-order valence-electron chi connectivity index (χ4n) is 1.79. The molecule has 2 heterocycles. The van der Waals surface area contributed by atoms with E-state index in [1.165, 1.54) is 11.0 Å². The first kappa shape index (κ1) is 13.5. The zero-order valence-corrected chi connectivity index (χ0v) is 12.5. The van der Waals surface area contributed by atoms with E-state index in [1.807, 2.05) is 19.1 Å². The van der Waals surface area contributed by atoms with Crippen molar-refractivity contribution >= 4 is 27.5 Å². The van der Waals surface area contributed by atoms with Gasteiger partial charge in [0, 0.05) is 5.69 Å². The number of anilines is 1. The third kappa shape index (κ3) is 2.84. The molecule has 3 aromatic rings.